The van der Waals surface area contributed by atoms with Gasteiger partial charge in [-0.2, -0.15) is 0 Å². The van der Waals surface area contributed by atoms with Crippen LogP contribution in [0.15, 0.2) is 27.2 Å². The molecule has 1 N–H and O–H groups in total. The maximum atomic E-state index is 12.6. The van der Waals surface area contributed by atoms with Gasteiger partial charge in [0.25, 0.3) is 0 Å². The van der Waals surface area contributed by atoms with Crippen molar-refractivity contribution in [2.45, 2.75) is 44.5 Å². The highest BCUT2D eigenvalue weighted by molar-refractivity contribution is 7.91. The van der Waals surface area contributed by atoms with E-state index >= 15 is 0 Å². The lowest BCUT2D eigenvalue weighted by Crippen LogP contribution is -2.24. The van der Waals surface area contributed by atoms with Crippen LogP contribution in [0, 0.1) is 13.8 Å². The Labute approximate surface area is 149 Å². The van der Waals surface area contributed by atoms with E-state index in [0.717, 1.165) is 29.1 Å². The molecule has 0 bridgehead atoms. The van der Waals surface area contributed by atoms with Gasteiger partial charge in [-0.3, -0.25) is 0 Å². The Morgan fingerprint density at radius 2 is 2.12 bits per heavy atom. The molecule has 0 aromatic carbocycles. The first-order chi connectivity index (χ1) is 11.9. The summed E-state index contributed by atoms with van der Waals surface area (Å²) < 4.78 is 34.9. The summed E-state index contributed by atoms with van der Waals surface area (Å²) in [6.07, 6.45) is 2.53. The van der Waals surface area contributed by atoms with E-state index in [4.69, 9.17) is 4.52 Å². The standard InChI is InChI=1S/C15H19N5O3S2/c1-4-7-20-9-16-18-13(20)8-17-25(21,22)14-6-5-12(24-14)15-10(2)19-23-11(15)3/h5-6,9,17H,4,7-8H2,1-3H3. The molecule has 0 atom stereocenters. The van der Waals surface area contributed by atoms with Crippen LogP contribution in [0.1, 0.15) is 30.6 Å². The van der Waals surface area contributed by atoms with Gasteiger partial charge in [0.1, 0.15) is 22.1 Å². The Kier molecular flexibility index (Phi) is 5.02. The molecule has 0 fully saturated rings. The van der Waals surface area contributed by atoms with Crippen LogP contribution in [0.3, 0.4) is 0 Å². The molecule has 0 amide bonds. The van der Waals surface area contributed by atoms with Crippen molar-refractivity contribution in [3.05, 3.63) is 35.7 Å². The van der Waals surface area contributed by atoms with Gasteiger partial charge in [0.15, 0.2) is 0 Å². The summed E-state index contributed by atoms with van der Waals surface area (Å²) in [6, 6.07) is 3.36. The van der Waals surface area contributed by atoms with Crippen molar-refractivity contribution >= 4 is 21.4 Å². The second-order valence-corrected chi connectivity index (χ2v) is 8.66. The van der Waals surface area contributed by atoms with E-state index in [1.165, 1.54) is 11.3 Å². The van der Waals surface area contributed by atoms with Crippen molar-refractivity contribution in [3.63, 3.8) is 0 Å². The Bertz CT molecular complexity index is 952. The maximum absolute atomic E-state index is 12.6. The first kappa shape index (κ1) is 17.8. The van der Waals surface area contributed by atoms with Gasteiger partial charge in [-0.25, -0.2) is 13.1 Å². The predicted molar refractivity (Wildman–Crippen MR) is 93.6 cm³/mol. The van der Waals surface area contributed by atoms with Crippen molar-refractivity contribution in [1.82, 2.24) is 24.6 Å². The van der Waals surface area contributed by atoms with E-state index < -0.39 is 10.0 Å². The first-order valence-electron chi connectivity index (χ1n) is 7.81. The van der Waals surface area contributed by atoms with E-state index in [0.29, 0.717) is 11.6 Å². The van der Waals surface area contributed by atoms with E-state index in [2.05, 4.69) is 20.1 Å². The van der Waals surface area contributed by atoms with Gasteiger partial charge in [-0.15, -0.1) is 21.5 Å². The topological polar surface area (TPSA) is 103 Å². The Morgan fingerprint density at radius 1 is 1.32 bits per heavy atom. The first-order valence-corrected chi connectivity index (χ1v) is 10.1. The fourth-order valence-corrected chi connectivity index (χ4v) is 4.98. The average molecular weight is 381 g/mol. The molecule has 0 saturated carbocycles. The van der Waals surface area contributed by atoms with Gasteiger partial charge in [0.05, 0.1) is 17.8 Å². The summed E-state index contributed by atoms with van der Waals surface area (Å²) in [6.45, 7) is 6.52. The number of nitrogens with zero attached hydrogens (tertiary/aromatic N) is 4. The summed E-state index contributed by atoms with van der Waals surface area (Å²) in [7, 11) is -3.63. The number of aromatic nitrogens is 4. The molecule has 3 aromatic rings. The molecule has 25 heavy (non-hydrogen) atoms. The molecule has 0 aliphatic rings. The molecule has 0 radical (unpaired) electrons. The van der Waals surface area contributed by atoms with Gasteiger partial charge in [-0.1, -0.05) is 12.1 Å². The van der Waals surface area contributed by atoms with Crippen LogP contribution >= 0.6 is 11.3 Å². The van der Waals surface area contributed by atoms with E-state index in [9.17, 15) is 8.42 Å². The van der Waals surface area contributed by atoms with Crippen molar-refractivity contribution in [2.24, 2.45) is 0 Å². The minimum absolute atomic E-state index is 0.0981. The van der Waals surface area contributed by atoms with Crippen molar-refractivity contribution in [2.75, 3.05) is 0 Å². The third-order valence-corrected chi connectivity index (χ3v) is 6.70. The number of nitrogens with one attached hydrogen (secondary N) is 1. The lowest BCUT2D eigenvalue weighted by Gasteiger charge is -2.06. The summed E-state index contributed by atoms with van der Waals surface area (Å²) >= 11 is 1.18. The van der Waals surface area contributed by atoms with Crippen LogP contribution in [0.25, 0.3) is 10.4 Å². The van der Waals surface area contributed by atoms with Gasteiger partial charge >= 0.3 is 0 Å². The normalized spacial score (nSPS) is 12.0. The molecule has 10 heteroatoms. The minimum Gasteiger partial charge on any atom is -0.361 e. The highest BCUT2D eigenvalue weighted by Crippen LogP contribution is 2.34. The number of aryl methyl sites for hydroxylation is 3. The predicted octanol–water partition coefficient (Wildman–Crippen LogP) is 2.50. The summed E-state index contributed by atoms with van der Waals surface area (Å²) in [5, 5.41) is 11.7. The molecule has 0 saturated heterocycles. The molecular formula is C15H19N5O3S2. The van der Waals surface area contributed by atoms with Crippen LogP contribution < -0.4 is 4.72 Å². The molecule has 3 rings (SSSR count). The van der Waals surface area contributed by atoms with Gasteiger partial charge in [0, 0.05) is 11.4 Å². The average Bonchev–Trinajstić information content (AvgIpc) is 3.27. The van der Waals surface area contributed by atoms with Crippen LogP contribution in [0.4, 0.5) is 0 Å². The zero-order valence-electron chi connectivity index (χ0n) is 14.2. The molecule has 0 aliphatic heterocycles. The van der Waals surface area contributed by atoms with Crippen molar-refractivity contribution in [1.29, 1.82) is 0 Å². The number of rotatable bonds is 7. The minimum atomic E-state index is -3.63. The largest absolute Gasteiger partial charge is 0.361 e. The van der Waals surface area contributed by atoms with Crippen LogP contribution in [0.5, 0.6) is 0 Å². The van der Waals surface area contributed by atoms with Crippen LogP contribution in [0.2, 0.25) is 0 Å². The highest BCUT2D eigenvalue weighted by atomic mass is 32.2. The molecular weight excluding hydrogens is 362 g/mol. The SMILES string of the molecule is CCCn1cnnc1CNS(=O)(=O)c1ccc(-c2c(C)noc2C)s1. The smallest absolute Gasteiger partial charge is 0.250 e. The van der Waals surface area contributed by atoms with Crippen molar-refractivity contribution in [3.8, 4) is 10.4 Å². The monoisotopic (exact) mass is 381 g/mol. The quantitative estimate of drug-likeness (QED) is 0.674. The van der Waals surface area contributed by atoms with E-state index in [1.54, 1.807) is 18.5 Å². The molecule has 0 unspecified atom stereocenters. The van der Waals surface area contributed by atoms with Crippen LogP contribution in [-0.2, 0) is 23.1 Å². The third kappa shape index (κ3) is 3.65. The second kappa shape index (κ2) is 7.06. The highest BCUT2D eigenvalue weighted by Gasteiger charge is 2.21. The lowest BCUT2D eigenvalue weighted by molar-refractivity contribution is 0.393. The molecule has 8 nitrogen and oxygen atoms in total. The summed E-state index contributed by atoms with van der Waals surface area (Å²) in [4.78, 5) is 0.811. The Hall–Kier alpha value is -2.04. The van der Waals surface area contributed by atoms with Gasteiger partial charge < -0.3 is 9.09 Å². The molecule has 134 valence electrons. The summed E-state index contributed by atoms with van der Waals surface area (Å²) in [5.41, 5.74) is 1.58. The second-order valence-electron chi connectivity index (χ2n) is 5.58. The molecule has 0 aliphatic carbocycles. The number of hydrogen-bond acceptors (Lipinski definition) is 7. The van der Waals surface area contributed by atoms with Gasteiger partial charge in [0.2, 0.25) is 10.0 Å². The Balaban J connectivity index is 1.78. The zero-order chi connectivity index (χ0) is 18.0. The lowest BCUT2D eigenvalue weighted by atomic mass is 10.2. The molecule has 3 heterocycles. The van der Waals surface area contributed by atoms with E-state index in [-0.39, 0.29) is 10.8 Å². The number of thiophene rings is 1. The maximum Gasteiger partial charge on any atom is 0.250 e. The van der Waals surface area contributed by atoms with E-state index in [1.807, 2.05) is 25.3 Å². The van der Waals surface area contributed by atoms with Crippen LogP contribution in [-0.4, -0.2) is 28.3 Å². The fraction of sp³-hybridized carbons (Fsp3) is 0.400. The molecule has 3 aromatic heterocycles. The Morgan fingerprint density at radius 3 is 2.80 bits per heavy atom. The number of hydrogen-bond donors (Lipinski definition) is 1. The number of sulfonamides is 1. The van der Waals surface area contributed by atoms with Crippen molar-refractivity contribution < 1.29 is 12.9 Å². The zero-order valence-corrected chi connectivity index (χ0v) is 15.8. The van der Waals surface area contributed by atoms with Gasteiger partial charge in [-0.05, 0) is 32.4 Å². The fourth-order valence-electron chi connectivity index (χ4n) is 2.51. The third-order valence-electron chi connectivity index (χ3n) is 3.71. The summed E-state index contributed by atoms with van der Waals surface area (Å²) in [5.74, 6) is 1.26. The molecule has 0 spiro atoms.